The van der Waals surface area contributed by atoms with Crippen LogP contribution >= 0.6 is 0 Å². The molecule has 1 aromatic rings. The van der Waals surface area contributed by atoms with Gasteiger partial charge in [0.1, 0.15) is 0 Å². The van der Waals surface area contributed by atoms with Crippen LogP contribution in [0.5, 0.6) is 0 Å². The van der Waals surface area contributed by atoms with E-state index in [4.69, 9.17) is 5.11 Å². The Morgan fingerprint density at radius 2 is 2.00 bits per heavy atom. The van der Waals surface area contributed by atoms with Crippen molar-refractivity contribution in [3.05, 3.63) is 29.8 Å². The number of rotatable bonds is 2. The molecular formula is C15H19NO3. The Hall–Kier alpha value is -1.84. The van der Waals surface area contributed by atoms with Crippen molar-refractivity contribution in [1.82, 2.24) is 0 Å². The lowest BCUT2D eigenvalue weighted by Gasteiger charge is -2.41. The molecule has 102 valence electrons. The third-order valence-corrected chi connectivity index (χ3v) is 3.38. The van der Waals surface area contributed by atoms with Gasteiger partial charge in [0.2, 0.25) is 5.91 Å². The van der Waals surface area contributed by atoms with E-state index in [1.165, 1.54) is 0 Å². The third kappa shape index (κ3) is 2.62. The number of amides is 1. The summed E-state index contributed by atoms with van der Waals surface area (Å²) in [7, 11) is 0. The minimum Gasteiger partial charge on any atom is -0.481 e. The van der Waals surface area contributed by atoms with Crippen molar-refractivity contribution in [2.24, 2.45) is 0 Å². The van der Waals surface area contributed by atoms with Crippen molar-refractivity contribution in [1.29, 1.82) is 0 Å². The molecule has 0 saturated heterocycles. The highest BCUT2D eigenvalue weighted by Crippen LogP contribution is 2.40. The first-order valence-corrected chi connectivity index (χ1v) is 6.44. The molecular weight excluding hydrogens is 242 g/mol. The minimum atomic E-state index is -0.864. The Labute approximate surface area is 113 Å². The molecule has 2 rings (SSSR count). The molecule has 1 aliphatic rings. The molecule has 0 spiro atoms. The lowest BCUT2D eigenvalue weighted by atomic mass is 9.85. The average molecular weight is 261 g/mol. The fraction of sp³-hybridized carbons (Fsp3) is 0.467. The molecule has 1 amide bonds. The summed E-state index contributed by atoms with van der Waals surface area (Å²) in [6, 6.07) is 7.60. The van der Waals surface area contributed by atoms with Crippen LogP contribution in [0.1, 0.15) is 45.1 Å². The zero-order valence-corrected chi connectivity index (χ0v) is 11.5. The Balaban J connectivity index is 2.49. The SMILES string of the molecule is CC(C)(C)N1C(=O)CC(CC(=O)O)c2ccccc21. The summed E-state index contributed by atoms with van der Waals surface area (Å²) in [4.78, 5) is 25.0. The Morgan fingerprint density at radius 3 is 2.58 bits per heavy atom. The predicted octanol–water partition coefficient (Wildman–Crippen LogP) is 2.78. The highest BCUT2D eigenvalue weighted by Gasteiger charge is 2.37. The molecule has 0 aliphatic carbocycles. The second-order valence-electron chi connectivity index (χ2n) is 5.96. The van der Waals surface area contributed by atoms with Crippen molar-refractivity contribution >= 4 is 17.6 Å². The smallest absolute Gasteiger partial charge is 0.303 e. The van der Waals surface area contributed by atoms with Crippen molar-refractivity contribution in [2.75, 3.05) is 4.90 Å². The number of hydrogen-bond donors (Lipinski definition) is 1. The number of nitrogens with zero attached hydrogens (tertiary/aromatic N) is 1. The van der Waals surface area contributed by atoms with Gasteiger partial charge in [-0.3, -0.25) is 9.59 Å². The molecule has 4 nitrogen and oxygen atoms in total. The largest absolute Gasteiger partial charge is 0.481 e. The van der Waals surface area contributed by atoms with Crippen molar-refractivity contribution in [3.8, 4) is 0 Å². The molecule has 0 radical (unpaired) electrons. The highest BCUT2D eigenvalue weighted by atomic mass is 16.4. The number of aliphatic carboxylic acids is 1. The van der Waals surface area contributed by atoms with Crippen LogP contribution in [0.4, 0.5) is 5.69 Å². The van der Waals surface area contributed by atoms with Crippen LogP contribution in [-0.4, -0.2) is 22.5 Å². The third-order valence-electron chi connectivity index (χ3n) is 3.38. The fourth-order valence-electron chi connectivity index (χ4n) is 2.71. The summed E-state index contributed by atoms with van der Waals surface area (Å²) in [5.74, 6) is -1.09. The normalized spacial score (nSPS) is 19.2. The first-order valence-electron chi connectivity index (χ1n) is 6.44. The lowest BCUT2D eigenvalue weighted by molar-refractivity contribution is -0.137. The molecule has 0 aromatic heterocycles. The molecule has 0 fully saturated rings. The van der Waals surface area contributed by atoms with E-state index in [0.717, 1.165) is 11.3 Å². The van der Waals surface area contributed by atoms with Gasteiger partial charge >= 0.3 is 5.97 Å². The number of carboxylic acids is 1. The summed E-state index contributed by atoms with van der Waals surface area (Å²) < 4.78 is 0. The lowest BCUT2D eigenvalue weighted by Crippen LogP contribution is -2.49. The van der Waals surface area contributed by atoms with Gasteiger partial charge in [-0.15, -0.1) is 0 Å². The van der Waals surface area contributed by atoms with E-state index in [1.807, 2.05) is 45.0 Å². The van der Waals surface area contributed by atoms with Gasteiger partial charge in [-0.05, 0) is 32.4 Å². The number of carbonyl (C=O) groups is 2. The zero-order valence-electron chi connectivity index (χ0n) is 11.5. The maximum atomic E-state index is 12.3. The van der Waals surface area contributed by atoms with Gasteiger partial charge in [0.05, 0.1) is 6.42 Å². The molecule has 1 atom stereocenters. The van der Waals surface area contributed by atoms with Gasteiger partial charge in [-0.25, -0.2) is 0 Å². The van der Waals surface area contributed by atoms with Crippen molar-refractivity contribution in [3.63, 3.8) is 0 Å². The van der Waals surface area contributed by atoms with E-state index < -0.39 is 5.97 Å². The van der Waals surface area contributed by atoms with E-state index in [0.29, 0.717) is 0 Å². The van der Waals surface area contributed by atoms with Gasteiger partial charge in [-0.2, -0.15) is 0 Å². The van der Waals surface area contributed by atoms with E-state index in [1.54, 1.807) is 4.90 Å². The van der Waals surface area contributed by atoms with Gasteiger partial charge < -0.3 is 10.0 Å². The second kappa shape index (κ2) is 4.68. The molecule has 4 heteroatoms. The van der Waals surface area contributed by atoms with Crippen LogP contribution in [0.2, 0.25) is 0 Å². The van der Waals surface area contributed by atoms with Crippen LogP contribution in [0.25, 0.3) is 0 Å². The van der Waals surface area contributed by atoms with E-state index >= 15 is 0 Å². The number of para-hydroxylation sites is 1. The Bertz CT molecular complexity index is 516. The summed E-state index contributed by atoms with van der Waals surface area (Å²) in [5.41, 5.74) is 1.50. The molecule has 0 bridgehead atoms. The number of fused-ring (bicyclic) bond motifs is 1. The van der Waals surface area contributed by atoms with Crippen molar-refractivity contribution in [2.45, 2.75) is 45.1 Å². The monoisotopic (exact) mass is 261 g/mol. The molecule has 1 aromatic carbocycles. The van der Waals surface area contributed by atoms with Gasteiger partial charge in [-0.1, -0.05) is 18.2 Å². The Kier molecular flexibility index (Phi) is 3.35. The number of hydrogen-bond acceptors (Lipinski definition) is 2. The van der Waals surface area contributed by atoms with Crippen LogP contribution in [0.15, 0.2) is 24.3 Å². The van der Waals surface area contributed by atoms with Gasteiger partial charge in [0.15, 0.2) is 0 Å². The quantitative estimate of drug-likeness (QED) is 0.890. The molecule has 1 heterocycles. The highest BCUT2D eigenvalue weighted by molar-refractivity contribution is 5.98. The Morgan fingerprint density at radius 1 is 1.37 bits per heavy atom. The predicted molar refractivity (Wildman–Crippen MR) is 73.3 cm³/mol. The second-order valence-corrected chi connectivity index (χ2v) is 5.96. The molecule has 19 heavy (non-hydrogen) atoms. The number of carbonyl (C=O) groups excluding carboxylic acids is 1. The molecule has 1 unspecified atom stereocenters. The first kappa shape index (κ1) is 13.6. The van der Waals surface area contributed by atoms with E-state index in [-0.39, 0.29) is 30.2 Å². The molecule has 1 N–H and O–H groups in total. The standard InChI is InChI=1S/C15H19NO3/c1-15(2,3)16-12-7-5-4-6-11(12)10(8-13(16)17)9-14(18)19/h4-7,10H,8-9H2,1-3H3,(H,18,19). The number of benzene rings is 1. The minimum absolute atomic E-state index is 0.000730. The topological polar surface area (TPSA) is 57.6 Å². The summed E-state index contributed by atoms with van der Waals surface area (Å²) in [5, 5.41) is 8.98. The van der Waals surface area contributed by atoms with Crippen LogP contribution in [0, 0.1) is 0 Å². The van der Waals surface area contributed by atoms with Crippen LogP contribution in [-0.2, 0) is 9.59 Å². The summed E-state index contributed by atoms with van der Waals surface area (Å²) >= 11 is 0. The van der Waals surface area contributed by atoms with Crippen LogP contribution < -0.4 is 4.90 Å². The number of anilines is 1. The summed E-state index contributed by atoms with van der Waals surface area (Å²) in [6.07, 6.45) is 0.265. The maximum Gasteiger partial charge on any atom is 0.303 e. The molecule has 0 saturated carbocycles. The first-order chi connectivity index (χ1) is 8.80. The van der Waals surface area contributed by atoms with Gasteiger partial charge in [0.25, 0.3) is 0 Å². The maximum absolute atomic E-state index is 12.3. The zero-order chi connectivity index (χ0) is 14.2. The van der Waals surface area contributed by atoms with Crippen LogP contribution in [0.3, 0.4) is 0 Å². The molecule has 1 aliphatic heterocycles. The van der Waals surface area contributed by atoms with Gasteiger partial charge in [0, 0.05) is 23.6 Å². The average Bonchev–Trinajstić information content (AvgIpc) is 2.26. The fourth-order valence-corrected chi connectivity index (χ4v) is 2.71. The summed E-state index contributed by atoms with van der Waals surface area (Å²) in [6.45, 7) is 5.96. The van der Waals surface area contributed by atoms with Crippen molar-refractivity contribution < 1.29 is 14.7 Å². The van der Waals surface area contributed by atoms with E-state index in [9.17, 15) is 9.59 Å². The van der Waals surface area contributed by atoms with E-state index in [2.05, 4.69) is 0 Å². The number of carboxylic acid groups (broad SMARTS) is 1.